The van der Waals surface area contributed by atoms with Crippen LogP contribution in [-0.4, -0.2) is 0 Å². The molecule has 0 spiro atoms. The van der Waals surface area contributed by atoms with Crippen molar-refractivity contribution in [3.8, 4) is 0 Å². The quantitative estimate of drug-likeness (QED) is 0.835. The Morgan fingerprint density at radius 1 is 1.22 bits per heavy atom. The molecule has 1 heterocycles. The first-order valence-electron chi connectivity index (χ1n) is 6.56. The number of nitrogens with one attached hydrogen (secondary N) is 1. The van der Waals surface area contributed by atoms with Crippen molar-refractivity contribution in [1.82, 2.24) is 5.32 Å². The van der Waals surface area contributed by atoms with Gasteiger partial charge in [-0.2, -0.15) is 0 Å². The summed E-state index contributed by atoms with van der Waals surface area (Å²) in [5, 5.41) is 3.59. The Morgan fingerprint density at radius 3 is 2.72 bits per heavy atom. The van der Waals surface area contributed by atoms with Crippen LogP contribution in [-0.2, 0) is 13.0 Å². The van der Waals surface area contributed by atoms with E-state index >= 15 is 0 Å². The predicted octanol–water partition coefficient (Wildman–Crippen LogP) is 4.47. The van der Waals surface area contributed by atoms with Crippen LogP contribution >= 0.6 is 11.3 Å². The van der Waals surface area contributed by atoms with E-state index in [9.17, 15) is 0 Å². The largest absolute Gasteiger partial charge is 0.305 e. The zero-order valence-corrected chi connectivity index (χ0v) is 12.2. The molecule has 18 heavy (non-hydrogen) atoms. The van der Waals surface area contributed by atoms with E-state index < -0.39 is 0 Å². The topological polar surface area (TPSA) is 12.0 Å². The van der Waals surface area contributed by atoms with Gasteiger partial charge in [0.2, 0.25) is 0 Å². The van der Waals surface area contributed by atoms with Crippen molar-refractivity contribution in [2.45, 2.75) is 39.8 Å². The summed E-state index contributed by atoms with van der Waals surface area (Å²) in [5.41, 5.74) is 2.68. The maximum absolute atomic E-state index is 3.59. The van der Waals surface area contributed by atoms with Gasteiger partial charge in [0, 0.05) is 22.3 Å². The van der Waals surface area contributed by atoms with Crippen LogP contribution in [0.3, 0.4) is 0 Å². The summed E-state index contributed by atoms with van der Waals surface area (Å²) in [6.07, 6.45) is 1.13. The highest BCUT2D eigenvalue weighted by atomic mass is 32.1. The molecular formula is C16H21NS. The molecule has 1 atom stereocenters. The molecule has 1 aromatic carbocycles. The molecule has 96 valence electrons. The number of hydrogen-bond acceptors (Lipinski definition) is 2. The highest BCUT2D eigenvalue weighted by molar-refractivity contribution is 7.12. The van der Waals surface area contributed by atoms with Crippen molar-refractivity contribution in [1.29, 1.82) is 0 Å². The summed E-state index contributed by atoms with van der Waals surface area (Å²) in [6, 6.07) is 13.6. The van der Waals surface area contributed by atoms with E-state index in [2.05, 4.69) is 62.5 Å². The number of rotatable bonds is 5. The van der Waals surface area contributed by atoms with Gasteiger partial charge < -0.3 is 5.32 Å². The molecule has 1 nitrogen and oxygen atoms in total. The monoisotopic (exact) mass is 259 g/mol. The van der Waals surface area contributed by atoms with E-state index in [1.165, 1.54) is 20.9 Å². The average Bonchev–Trinajstić information content (AvgIpc) is 2.85. The number of thiophene rings is 1. The highest BCUT2D eigenvalue weighted by Gasteiger charge is 2.07. The minimum atomic E-state index is 0.427. The molecule has 1 aromatic heterocycles. The van der Waals surface area contributed by atoms with E-state index in [4.69, 9.17) is 0 Å². The second-order valence-corrected chi connectivity index (χ2v) is 5.95. The van der Waals surface area contributed by atoms with Crippen LogP contribution in [0.15, 0.2) is 36.4 Å². The average molecular weight is 259 g/mol. The minimum Gasteiger partial charge on any atom is -0.305 e. The van der Waals surface area contributed by atoms with E-state index in [0.717, 1.165) is 13.0 Å². The summed E-state index contributed by atoms with van der Waals surface area (Å²) in [6.45, 7) is 7.52. The number of hydrogen-bond donors (Lipinski definition) is 1. The van der Waals surface area contributed by atoms with Crippen LogP contribution in [0.1, 0.15) is 40.8 Å². The first-order chi connectivity index (χ1) is 8.69. The molecule has 0 saturated heterocycles. The first-order valence-corrected chi connectivity index (χ1v) is 7.38. The zero-order valence-electron chi connectivity index (χ0n) is 11.4. The third-order valence-electron chi connectivity index (χ3n) is 3.15. The van der Waals surface area contributed by atoms with Gasteiger partial charge in [-0.1, -0.05) is 36.8 Å². The lowest BCUT2D eigenvalue weighted by Gasteiger charge is -2.12. The Kier molecular flexibility index (Phi) is 4.56. The third kappa shape index (κ3) is 3.44. The Hall–Kier alpha value is -1.12. The summed E-state index contributed by atoms with van der Waals surface area (Å²) in [5.74, 6) is 0. The summed E-state index contributed by atoms with van der Waals surface area (Å²) in [4.78, 5) is 2.90. The fourth-order valence-electron chi connectivity index (χ4n) is 2.01. The van der Waals surface area contributed by atoms with Crippen LogP contribution in [0.5, 0.6) is 0 Å². The summed E-state index contributed by atoms with van der Waals surface area (Å²) >= 11 is 1.92. The summed E-state index contributed by atoms with van der Waals surface area (Å²) in [7, 11) is 0. The zero-order chi connectivity index (χ0) is 13.0. The molecule has 0 amide bonds. The minimum absolute atomic E-state index is 0.427. The maximum Gasteiger partial charge on any atom is 0.0388 e. The first kappa shape index (κ1) is 13.3. The van der Waals surface area contributed by atoms with Crippen molar-refractivity contribution in [2.24, 2.45) is 0 Å². The Balaban J connectivity index is 1.93. The molecule has 2 aromatic rings. The molecule has 1 N–H and O–H groups in total. The fourth-order valence-corrected chi connectivity index (χ4v) is 2.99. The van der Waals surface area contributed by atoms with E-state index in [1.807, 2.05) is 11.3 Å². The SMILES string of the molecule is CCc1ccc(C(C)NCc2cccc(C)c2)s1. The van der Waals surface area contributed by atoms with Crippen LogP contribution in [0.2, 0.25) is 0 Å². The van der Waals surface area contributed by atoms with Crippen LogP contribution in [0, 0.1) is 6.92 Å². The number of benzene rings is 1. The molecule has 2 heteroatoms. The third-order valence-corrected chi connectivity index (χ3v) is 4.56. The molecule has 0 radical (unpaired) electrons. The fraction of sp³-hybridized carbons (Fsp3) is 0.375. The molecule has 0 bridgehead atoms. The van der Waals surface area contributed by atoms with Crippen LogP contribution < -0.4 is 5.32 Å². The second-order valence-electron chi connectivity index (χ2n) is 4.75. The van der Waals surface area contributed by atoms with Gasteiger partial charge in [0.05, 0.1) is 0 Å². The number of aryl methyl sites for hydroxylation is 2. The second kappa shape index (κ2) is 6.17. The highest BCUT2D eigenvalue weighted by Crippen LogP contribution is 2.23. The van der Waals surface area contributed by atoms with Crippen molar-refractivity contribution in [3.63, 3.8) is 0 Å². The van der Waals surface area contributed by atoms with Gasteiger partial charge in [-0.05, 0) is 38.0 Å². The molecule has 1 unspecified atom stereocenters. The Morgan fingerprint density at radius 2 is 2.06 bits per heavy atom. The maximum atomic E-state index is 3.59. The van der Waals surface area contributed by atoms with E-state index in [0.29, 0.717) is 6.04 Å². The van der Waals surface area contributed by atoms with E-state index in [1.54, 1.807) is 0 Å². The van der Waals surface area contributed by atoms with Gasteiger partial charge in [0.25, 0.3) is 0 Å². The lowest BCUT2D eigenvalue weighted by atomic mass is 10.1. The standard InChI is InChI=1S/C16H21NS/c1-4-15-8-9-16(18-15)13(3)17-11-14-7-5-6-12(2)10-14/h5-10,13,17H,4,11H2,1-3H3. The molecule has 0 aliphatic carbocycles. The van der Waals surface area contributed by atoms with Crippen LogP contribution in [0.25, 0.3) is 0 Å². The molecule has 0 saturated carbocycles. The molecular weight excluding hydrogens is 238 g/mol. The lowest BCUT2D eigenvalue weighted by molar-refractivity contribution is 0.583. The van der Waals surface area contributed by atoms with Gasteiger partial charge in [-0.25, -0.2) is 0 Å². The van der Waals surface area contributed by atoms with Gasteiger partial charge in [-0.15, -0.1) is 11.3 Å². The van der Waals surface area contributed by atoms with E-state index in [-0.39, 0.29) is 0 Å². The van der Waals surface area contributed by atoms with Gasteiger partial charge >= 0.3 is 0 Å². The van der Waals surface area contributed by atoms with Crippen molar-refractivity contribution >= 4 is 11.3 Å². The predicted molar refractivity (Wildman–Crippen MR) is 80.1 cm³/mol. The van der Waals surface area contributed by atoms with Gasteiger partial charge in [0.15, 0.2) is 0 Å². The summed E-state index contributed by atoms with van der Waals surface area (Å²) < 4.78 is 0. The Labute approximate surface area is 114 Å². The normalized spacial score (nSPS) is 12.6. The molecule has 0 aliphatic heterocycles. The van der Waals surface area contributed by atoms with Crippen molar-refractivity contribution in [2.75, 3.05) is 0 Å². The smallest absolute Gasteiger partial charge is 0.0388 e. The Bertz CT molecular complexity index is 501. The lowest BCUT2D eigenvalue weighted by Crippen LogP contribution is -2.17. The van der Waals surface area contributed by atoms with Crippen molar-refractivity contribution in [3.05, 3.63) is 57.3 Å². The van der Waals surface area contributed by atoms with Gasteiger partial charge in [0.1, 0.15) is 0 Å². The van der Waals surface area contributed by atoms with Crippen LogP contribution in [0.4, 0.5) is 0 Å². The van der Waals surface area contributed by atoms with Gasteiger partial charge in [-0.3, -0.25) is 0 Å². The molecule has 0 aliphatic rings. The molecule has 0 fully saturated rings. The molecule has 2 rings (SSSR count). The van der Waals surface area contributed by atoms with Crippen molar-refractivity contribution < 1.29 is 0 Å².